The molecule has 3 heterocycles. The molecule has 0 aliphatic carbocycles. The maximum Gasteiger partial charge on any atom is 0.159 e. The molecule has 3 nitrogen and oxygen atoms in total. The Balaban J connectivity index is 1.20. The first-order chi connectivity index (χ1) is 28.2. The van der Waals surface area contributed by atoms with Crippen LogP contribution in [-0.2, 0) is 0 Å². The quantitative estimate of drug-likeness (QED) is 0.247. The summed E-state index contributed by atoms with van der Waals surface area (Å²) in [7, 11) is 16.2. The summed E-state index contributed by atoms with van der Waals surface area (Å²) in [5.74, 6) is 0. The molecular formula is C48H37B7N2O. The fourth-order valence-electron chi connectivity index (χ4n) is 10.2. The van der Waals surface area contributed by atoms with Gasteiger partial charge in [-0.25, -0.2) is 0 Å². The molecular weight excluding hydrogens is 696 g/mol. The van der Waals surface area contributed by atoms with E-state index in [0.717, 1.165) is 33.3 Å². The molecule has 266 valence electrons. The van der Waals surface area contributed by atoms with Gasteiger partial charge in [0.05, 0.1) is 16.7 Å². The third kappa shape index (κ3) is 4.78. The summed E-state index contributed by atoms with van der Waals surface area (Å²) in [6.45, 7) is 0. The van der Waals surface area contributed by atoms with E-state index in [9.17, 15) is 0 Å². The van der Waals surface area contributed by atoms with E-state index in [1.54, 1.807) is 0 Å². The summed E-state index contributed by atoms with van der Waals surface area (Å²) < 4.78 is 11.7. The Morgan fingerprint density at radius 2 is 1.00 bits per heavy atom. The highest BCUT2D eigenvalue weighted by molar-refractivity contribution is 6.69. The van der Waals surface area contributed by atoms with Gasteiger partial charge in [0.2, 0.25) is 0 Å². The Hall–Kier alpha value is -6.39. The van der Waals surface area contributed by atoms with E-state index < -0.39 is 0 Å². The second-order valence-corrected chi connectivity index (χ2v) is 16.3. The van der Waals surface area contributed by atoms with Crippen molar-refractivity contribution in [3.8, 4) is 33.6 Å². The number of fused-ring (bicyclic) bond motifs is 9. The summed E-state index contributed by atoms with van der Waals surface area (Å²) in [6, 6.07) is 50.6. The van der Waals surface area contributed by atoms with E-state index in [-0.39, 0.29) is 0 Å². The van der Waals surface area contributed by atoms with Gasteiger partial charge >= 0.3 is 0 Å². The molecule has 0 saturated heterocycles. The third-order valence-corrected chi connectivity index (χ3v) is 13.4. The Morgan fingerprint density at radius 3 is 1.81 bits per heavy atom. The normalized spacial score (nSPS) is 11.9. The molecule has 11 aromatic rings. The van der Waals surface area contributed by atoms with Crippen LogP contribution in [0.4, 0.5) is 0 Å². The van der Waals surface area contributed by atoms with Gasteiger partial charge in [0, 0.05) is 43.7 Å². The van der Waals surface area contributed by atoms with Crippen molar-refractivity contribution >= 4 is 159 Å². The zero-order chi connectivity index (χ0) is 39.6. The predicted molar refractivity (Wildman–Crippen MR) is 271 cm³/mol. The second kappa shape index (κ2) is 12.8. The SMILES string of the molecule is Bc1c(B)c(B)c2c(c1B)c1c(B)c(-c3ccc4c(c3)c3ccccc3n4-c3cccc(-c4ccccc4)c3)c(B)c(B)c1n2-c1cccc2c1oc1ccccc12. The van der Waals surface area contributed by atoms with Gasteiger partial charge in [-0.2, -0.15) is 0 Å². The molecule has 0 saturated carbocycles. The maximum atomic E-state index is 6.74. The lowest BCUT2D eigenvalue weighted by atomic mass is 9.64. The van der Waals surface area contributed by atoms with Crippen molar-refractivity contribution < 1.29 is 4.42 Å². The Bertz CT molecular complexity index is 3550. The van der Waals surface area contributed by atoms with Crippen LogP contribution in [0.15, 0.2) is 144 Å². The van der Waals surface area contributed by atoms with Crippen LogP contribution in [0.2, 0.25) is 0 Å². The van der Waals surface area contributed by atoms with Crippen LogP contribution in [0.25, 0.3) is 99.2 Å². The minimum absolute atomic E-state index is 0.915. The predicted octanol–water partition coefficient (Wildman–Crippen LogP) is 0.923. The number of hydrogen-bond acceptors (Lipinski definition) is 1. The zero-order valence-electron chi connectivity index (χ0n) is 34.1. The molecule has 0 bridgehead atoms. The van der Waals surface area contributed by atoms with Crippen molar-refractivity contribution in [2.75, 3.05) is 0 Å². The first-order valence-electron chi connectivity index (χ1n) is 20.4. The summed E-state index contributed by atoms with van der Waals surface area (Å²) in [5, 5.41) is 7.46. The van der Waals surface area contributed by atoms with Crippen LogP contribution in [0.3, 0.4) is 0 Å². The van der Waals surface area contributed by atoms with Gasteiger partial charge < -0.3 is 13.6 Å². The fraction of sp³-hybridized carbons (Fsp3) is 0. The first kappa shape index (κ1) is 34.8. The molecule has 58 heavy (non-hydrogen) atoms. The monoisotopic (exact) mass is 734 g/mol. The zero-order valence-corrected chi connectivity index (χ0v) is 34.1. The van der Waals surface area contributed by atoms with E-state index >= 15 is 0 Å². The number of para-hydroxylation sites is 3. The number of hydrogen-bond donors (Lipinski definition) is 0. The molecule has 0 aliphatic heterocycles. The Kier molecular flexibility index (Phi) is 7.69. The average Bonchev–Trinajstić information content (AvgIpc) is 3.93. The van der Waals surface area contributed by atoms with Crippen molar-refractivity contribution in [1.29, 1.82) is 0 Å². The fourth-order valence-corrected chi connectivity index (χ4v) is 10.2. The van der Waals surface area contributed by atoms with Crippen molar-refractivity contribution in [2.24, 2.45) is 0 Å². The van der Waals surface area contributed by atoms with E-state index in [4.69, 9.17) is 4.42 Å². The summed E-state index contributed by atoms with van der Waals surface area (Å²) in [4.78, 5) is 0. The molecule has 0 unspecified atom stereocenters. The molecule has 3 aromatic heterocycles. The lowest BCUT2D eigenvalue weighted by Gasteiger charge is -2.19. The molecule has 0 amide bonds. The van der Waals surface area contributed by atoms with E-state index in [2.05, 4.69) is 204 Å². The third-order valence-electron chi connectivity index (χ3n) is 13.4. The summed E-state index contributed by atoms with van der Waals surface area (Å²) in [5.41, 5.74) is 23.2. The van der Waals surface area contributed by atoms with Gasteiger partial charge in [0.15, 0.2) is 5.58 Å². The van der Waals surface area contributed by atoms with Gasteiger partial charge in [-0.05, 0) is 70.1 Å². The number of aromatic nitrogens is 2. The summed E-state index contributed by atoms with van der Waals surface area (Å²) >= 11 is 0. The number of furan rings is 1. The van der Waals surface area contributed by atoms with Crippen molar-refractivity contribution in [3.05, 3.63) is 140 Å². The van der Waals surface area contributed by atoms with Gasteiger partial charge in [0.1, 0.15) is 60.5 Å². The number of rotatable bonds is 4. The molecule has 0 radical (unpaired) electrons. The maximum absolute atomic E-state index is 6.74. The largest absolute Gasteiger partial charge is 0.454 e. The molecule has 8 aromatic carbocycles. The number of nitrogens with zero attached hydrogens (tertiary/aromatic N) is 2. The van der Waals surface area contributed by atoms with Crippen LogP contribution in [-0.4, -0.2) is 64.1 Å². The van der Waals surface area contributed by atoms with Gasteiger partial charge in [-0.15, -0.1) is 5.46 Å². The van der Waals surface area contributed by atoms with Gasteiger partial charge in [-0.1, -0.05) is 130 Å². The van der Waals surface area contributed by atoms with Crippen LogP contribution in [0, 0.1) is 0 Å². The average molecular weight is 734 g/mol. The van der Waals surface area contributed by atoms with Crippen molar-refractivity contribution in [2.45, 2.75) is 0 Å². The Morgan fingerprint density at radius 1 is 0.379 bits per heavy atom. The minimum atomic E-state index is 0.915. The van der Waals surface area contributed by atoms with Crippen LogP contribution < -0.4 is 38.2 Å². The molecule has 0 fully saturated rings. The lowest BCUT2D eigenvalue weighted by Crippen LogP contribution is -2.48. The standard InChI is InChI=1S/C48H37B7N2O/c49-39-36(26-20-21-33-31(23-26)28-14-4-6-17-32(28)56(33)27-13-8-12-25(22-27)24-10-2-1-3-11-24)40(50)44(54)46-37(39)38-41(51)42(52)43(53)45(55)47(38)57(46)34-18-9-16-30-29-15-5-7-19-35(29)58-48(30)34/h1-23H,49-55H2. The van der Waals surface area contributed by atoms with Crippen molar-refractivity contribution in [3.63, 3.8) is 0 Å². The van der Waals surface area contributed by atoms with Crippen molar-refractivity contribution in [1.82, 2.24) is 9.13 Å². The van der Waals surface area contributed by atoms with Crippen LogP contribution in [0.5, 0.6) is 0 Å². The minimum Gasteiger partial charge on any atom is -0.454 e. The topological polar surface area (TPSA) is 23.0 Å². The highest BCUT2D eigenvalue weighted by atomic mass is 16.3. The molecule has 11 rings (SSSR count). The summed E-state index contributed by atoms with van der Waals surface area (Å²) in [6.07, 6.45) is 0. The first-order valence-corrected chi connectivity index (χ1v) is 20.4. The Labute approximate surface area is 343 Å². The van der Waals surface area contributed by atoms with Crippen LogP contribution in [0.1, 0.15) is 0 Å². The van der Waals surface area contributed by atoms with E-state index in [0.29, 0.717) is 0 Å². The van der Waals surface area contributed by atoms with Crippen LogP contribution >= 0.6 is 0 Å². The van der Waals surface area contributed by atoms with E-state index in [1.165, 1.54) is 104 Å². The van der Waals surface area contributed by atoms with Gasteiger partial charge in [-0.3, -0.25) is 0 Å². The molecule has 0 N–H and O–H groups in total. The lowest BCUT2D eigenvalue weighted by molar-refractivity contribution is 0.666. The van der Waals surface area contributed by atoms with Gasteiger partial charge in [0.25, 0.3) is 0 Å². The molecule has 0 aliphatic rings. The second-order valence-electron chi connectivity index (χ2n) is 16.3. The highest BCUT2D eigenvalue weighted by Gasteiger charge is 2.26. The highest BCUT2D eigenvalue weighted by Crippen LogP contribution is 2.38. The van der Waals surface area contributed by atoms with E-state index in [1.807, 2.05) is 0 Å². The number of benzene rings is 8. The molecule has 0 spiro atoms. The molecule has 0 atom stereocenters. The molecule has 10 heteroatoms. The smallest absolute Gasteiger partial charge is 0.159 e.